The van der Waals surface area contributed by atoms with E-state index in [-0.39, 0.29) is 23.3 Å². The second-order valence-corrected chi connectivity index (χ2v) is 8.10. The van der Waals surface area contributed by atoms with Crippen LogP contribution in [0.3, 0.4) is 0 Å². The second-order valence-electron chi connectivity index (χ2n) is 8.10. The Labute approximate surface area is 193 Å². The Morgan fingerprint density at radius 1 is 1.06 bits per heavy atom. The van der Waals surface area contributed by atoms with Crippen molar-refractivity contribution < 1.29 is 27.1 Å². The minimum absolute atomic E-state index is 0.206. The van der Waals surface area contributed by atoms with Crippen LogP contribution in [0.25, 0.3) is 0 Å². The number of carbonyl (C=O) groups excluding carboxylic acids is 1. The quantitative estimate of drug-likeness (QED) is 0.494. The Morgan fingerprint density at radius 2 is 1.79 bits per heavy atom. The largest absolute Gasteiger partial charge is 0.439 e. The Bertz CT molecular complexity index is 1180. The molecular formula is C24H22F4N4O2. The number of aryl methyl sites for hydroxylation is 1. The highest BCUT2D eigenvalue weighted by molar-refractivity contribution is 5.94. The van der Waals surface area contributed by atoms with E-state index >= 15 is 0 Å². The maximum absolute atomic E-state index is 13.3. The van der Waals surface area contributed by atoms with Gasteiger partial charge in [-0.05, 0) is 61.9 Å². The van der Waals surface area contributed by atoms with Crippen LogP contribution in [-0.4, -0.2) is 46.5 Å². The first-order valence-corrected chi connectivity index (χ1v) is 10.6. The molecule has 0 spiro atoms. The molecule has 0 N–H and O–H groups in total. The molecule has 34 heavy (non-hydrogen) atoms. The molecule has 0 unspecified atom stereocenters. The van der Waals surface area contributed by atoms with Gasteiger partial charge in [-0.25, -0.2) is 14.4 Å². The molecule has 1 saturated heterocycles. The zero-order valence-electron chi connectivity index (χ0n) is 18.5. The number of hydrogen-bond donors (Lipinski definition) is 0. The summed E-state index contributed by atoms with van der Waals surface area (Å²) in [7, 11) is 0. The Hall–Kier alpha value is -3.69. The predicted molar refractivity (Wildman–Crippen MR) is 117 cm³/mol. The summed E-state index contributed by atoms with van der Waals surface area (Å²) in [6, 6.07) is 9.90. The average molecular weight is 474 g/mol. The SMILES string of the molecule is Cc1cc(F)ccc1Oc1cc(N2CCN(C(=O)c3ccc(C(F)(F)F)cc3)[C@@H](C)C2)ncn1. The summed E-state index contributed by atoms with van der Waals surface area (Å²) in [5.74, 6) is 0.713. The van der Waals surface area contributed by atoms with Gasteiger partial charge in [-0.15, -0.1) is 0 Å². The van der Waals surface area contributed by atoms with Gasteiger partial charge in [0.05, 0.1) is 5.56 Å². The lowest BCUT2D eigenvalue weighted by Crippen LogP contribution is -2.54. The number of carbonyl (C=O) groups is 1. The highest BCUT2D eigenvalue weighted by Crippen LogP contribution is 2.30. The van der Waals surface area contributed by atoms with E-state index in [9.17, 15) is 22.4 Å². The highest BCUT2D eigenvalue weighted by atomic mass is 19.4. The fourth-order valence-corrected chi connectivity index (χ4v) is 3.83. The summed E-state index contributed by atoms with van der Waals surface area (Å²) in [6.07, 6.45) is -3.08. The van der Waals surface area contributed by atoms with Gasteiger partial charge in [-0.1, -0.05) is 0 Å². The molecule has 1 aromatic heterocycles. The van der Waals surface area contributed by atoms with Gasteiger partial charge in [0.25, 0.3) is 5.91 Å². The third-order valence-corrected chi connectivity index (χ3v) is 5.65. The summed E-state index contributed by atoms with van der Waals surface area (Å²) >= 11 is 0. The van der Waals surface area contributed by atoms with Crippen molar-refractivity contribution in [1.82, 2.24) is 14.9 Å². The first kappa shape index (κ1) is 23.5. The molecule has 178 valence electrons. The van der Waals surface area contributed by atoms with E-state index in [1.54, 1.807) is 17.9 Å². The minimum atomic E-state index is -4.45. The van der Waals surface area contributed by atoms with Crippen molar-refractivity contribution in [2.45, 2.75) is 26.1 Å². The molecular weight excluding hydrogens is 452 g/mol. The molecule has 0 bridgehead atoms. The molecule has 0 radical (unpaired) electrons. The van der Waals surface area contributed by atoms with E-state index in [0.29, 0.717) is 42.6 Å². The molecule has 1 amide bonds. The molecule has 4 rings (SSSR count). The standard InChI is InChI=1S/C24H22F4N4O2/c1-15-11-19(25)7-8-20(15)34-22-12-21(29-14-30-22)31-9-10-32(16(2)13-31)23(33)17-3-5-18(6-4-17)24(26,27)28/h3-8,11-12,14,16H,9-10,13H2,1-2H3/t16-/m0/s1. The lowest BCUT2D eigenvalue weighted by atomic mass is 10.1. The van der Waals surface area contributed by atoms with E-state index in [0.717, 1.165) is 12.1 Å². The molecule has 1 aliphatic rings. The van der Waals surface area contributed by atoms with E-state index in [1.807, 2.05) is 11.8 Å². The Kier molecular flexibility index (Phi) is 6.41. The lowest BCUT2D eigenvalue weighted by molar-refractivity contribution is -0.137. The molecule has 10 heteroatoms. The van der Waals surface area contributed by atoms with Gasteiger partial charge in [-0.2, -0.15) is 13.2 Å². The summed E-state index contributed by atoms with van der Waals surface area (Å²) in [4.78, 5) is 24.9. The van der Waals surface area contributed by atoms with E-state index in [1.165, 1.54) is 36.7 Å². The molecule has 3 aromatic rings. The number of anilines is 1. The number of aromatic nitrogens is 2. The zero-order chi connectivity index (χ0) is 24.5. The molecule has 1 aliphatic heterocycles. The van der Waals surface area contributed by atoms with Crippen molar-refractivity contribution in [3.8, 4) is 11.6 Å². The monoisotopic (exact) mass is 474 g/mol. The number of ether oxygens (including phenoxy) is 1. The molecule has 1 fully saturated rings. The summed E-state index contributed by atoms with van der Waals surface area (Å²) in [5, 5.41) is 0. The molecule has 2 aromatic carbocycles. The van der Waals surface area contributed by atoms with Crippen LogP contribution in [-0.2, 0) is 6.18 Å². The fourth-order valence-electron chi connectivity index (χ4n) is 3.83. The van der Waals surface area contributed by atoms with Crippen molar-refractivity contribution in [1.29, 1.82) is 0 Å². The number of halogens is 4. The van der Waals surface area contributed by atoms with Crippen molar-refractivity contribution in [3.05, 3.63) is 77.4 Å². The number of amides is 1. The number of piperazine rings is 1. The Morgan fingerprint density at radius 3 is 2.44 bits per heavy atom. The summed E-state index contributed by atoms with van der Waals surface area (Å²) in [5.41, 5.74) is 0.0457. The van der Waals surface area contributed by atoms with Crippen LogP contribution in [0, 0.1) is 12.7 Å². The van der Waals surface area contributed by atoms with Crippen LogP contribution < -0.4 is 9.64 Å². The van der Waals surface area contributed by atoms with Crippen LogP contribution >= 0.6 is 0 Å². The van der Waals surface area contributed by atoms with Crippen LogP contribution in [0.5, 0.6) is 11.6 Å². The number of alkyl halides is 3. The second kappa shape index (κ2) is 9.28. The maximum Gasteiger partial charge on any atom is 0.416 e. The topological polar surface area (TPSA) is 58.6 Å². The zero-order valence-corrected chi connectivity index (χ0v) is 18.5. The third-order valence-electron chi connectivity index (χ3n) is 5.65. The third kappa shape index (κ3) is 5.11. The Balaban J connectivity index is 1.43. The van der Waals surface area contributed by atoms with Crippen LogP contribution in [0.4, 0.5) is 23.4 Å². The predicted octanol–water partition coefficient (Wildman–Crippen LogP) is 5.09. The van der Waals surface area contributed by atoms with Gasteiger partial charge in [-0.3, -0.25) is 4.79 Å². The van der Waals surface area contributed by atoms with Crippen molar-refractivity contribution >= 4 is 11.7 Å². The molecule has 6 nitrogen and oxygen atoms in total. The van der Waals surface area contributed by atoms with Crippen molar-refractivity contribution in [3.63, 3.8) is 0 Å². The molecule has 0 aliphatic carbocycles. The maximum atomic E-state index is 13.3. The molecule has 1 atom stereocenters. The van der Waals surface area contributed by atoms with Crippen LogP contribution in [0.1, 0.15) is 28.4 Å². The smallest absolute Gasteiger partial charge is 0.416 e. The van der Waals surface area contributed by atoms with Gasteiger partial charge in [0, 0.05) is 37.3 Å². The van der Waals surface area contributed by atoms with Crippen LogP contribution in [0.2, 0.25) is 0 Å². The first-order chi connectivity index (χ1) is 16.1. The number of benzene rings is 2. The lowest BCUT2D eigenvalue weighted by Gasteiger charge is -2.40. The van der Waals surface area contributed by atoms with Crippen molar-refractivity contribution in [2.75, 3.05) is 24.5 Å². The van der Waals surface area contributed by atoms with E-state index < -0.39 is 11.7 Å². The number of nitrogens with zero attached hydrogens (tertiary/aromatic N) is 4. The highest BCUT2D eigenvalue weighted by Gasteiger charge is 2.32. The van der Waals surface area contributed by atoms with E-state index in [4.69, 9.17) is 4.74 Å². The fraction of sp³-hybridized carbons (Fsp3) is 0.292. The number of rotatable bonds is 4. The summed E-state index contributed by atoms with van der Waals surface area (Å²) < 4.78 is 57.5. The van der Waals surface area contributed by atoms with Gasteiger partial charge in [0.2, 0.25) is 5.88 Å². The first-order valence-electron chi connectivity index (χ1n) is 10.6. The molecule has 0 saturated carbocycles. The minimum Gasteiger partial charge on any atom is -0.439 e. The normalized spacial score (nSPS) is 16.5. The van der Waals surface area contributed by atoms with Gasteiger partial charge >= 0.3 is 6.18 Å². The molecule has 2 heterocycles. The number of hydrogen-bond acceptors (Lipinski definition) is 5. The average Bonchev–Trinajstić information content (AvgIpc) is 2.80. The van der Waals surface area contributed by atoms with Gasteiger partial charge < -0.3 is 14.5 Å². The van der Waals surface area contributed by atoms with Crippen LogP contribution in [0.15, 0.2) is 54.9 Å². The van der Waals surface area contributed by atoms with Crippen molar-refractivity contribution in [2.24, 2.45) is 0 Å². The van der Waals surface area contributed by atoms with E-state index in [2.05, 4.69) is 9.97 Å². The summed E-state index contributed by atoms with van der Waals surface area (Å²) in [6.45, 7) is 4.92. The van der Waals surface area contributed by atoms with Gasteiger partial charge in [0.15, 0.2) is 0 Å². The van der Waals surface area contributed by atoms with Gasteiger partial charge in [0.1, 0.15) is 23.7 Å².